The minimum Gasteiger partial charge on any atom is -0.792 e. The van der Waals surface area contributed by atoms with Crippen molar-refractivity contribution in [3.05, 3.63) is 55.6 Å². The van der Waals surface area contributed by atoms with E-state index in [1.807, 2.05) is 24.3 Å². The molecule has 0 bridgehead atoms. The molecule has 100 valence electrons. The highest BCUT2D eigenvalue weighted by molar-refractivity contribution is 9.10. The van der Waals surface area contributed by atoms with Crippen molar-refractivity contribution in [3.63, 3.8) is 0 Å². The molecular formula is C14H15BrN2OS. The van der Waals surface area contributed by atoms with Crippen LogP contribution in [0.5, 0.6) is 0 Å². The van der Waals surface area contributed by atoms with Crippen LogP contribution >= 0.6 is 27.3 Å². The van der Waals surface area contributed by atoms with Gasteiger partial charge in [-0.1, -0.05) is 46.3 Å². The zero-order valence-corrected chi connectivity index (χ0v) is 13.3. The SMILES string of the molecule is CCc1scc(C)[n+]1C/C(=N/[O-])c1ccc(Br)cc1. The minimum absolute atomic E-state index is 0.531. The number of aryl methyl sites for hydroxylation is 2. The van der Waals surface area contributed by atoms with Crippen LogP contribution in [-0.4, -0.2) is 5.71 Å². The molecule has 19 heavy (non-hydrogen) atoms. The third-order valence-corrected chi connectivity index (χ3v) is 4.76. The first-order valence-corrected chi connectivity index (χ1v) is 7.75. The molecule has 2 aromatic rings. The number of aromatic nitrogens is 1. The maximum atomic E-state index is 11.1. The number of nitrogens with zero attached hydrogens (tertiary/aromatic N) is 2. The topological polar surface area (TPSA) is 39.3 Å². The molecule has 0 unspecified atom stereocenters. The summed E-state index contributed by atoms with van der Waals surface area (Å²) in [6.07, 6.45) is 0.963. The molecule has 0 fully saturated rings. The van der Waals surface area contributed by atoms with Gasteiger partial charge in [0.25, 0.3) is 0 Å². The third kappa shape index (κ3) is 3.22. The molecule has 1 aromatic carbocycles. The summed E-state index contributed by atoms with van der Waals surface area (Å²) in [4.78, 5) is 0. The molecule has 0 saturated heterocycles. The van der Waals surface area contributed by atoms with E-state index in [1.165, 1.54) is 10.7 Å². The first-order chi connectivity index (χ1) is 9.15. The largest absolute Gasteiger partial charge is 0.792 e. The normalized spacial score (nSPS) is 11.8. The third-order valence-electron chi connectivity index (χ3n) is 2.99. The number of hydrogen-bond acceptors (Lipinski definition) is 3. The van der Waals surface area contributed by atoms with E-state index in [9.17, 15) is 5.21 Å². The van der Waals surface area contributed by atoms with Crippen LogP contribution < -0.4 is 4.57 Å². The summed E-state index contributed by atoms with van der Waals surface area (Å²) in [7, 11) is 0. The average molecular weight is 339 g/mol. The Hall–Kier alpha value is -1.20. The van der Waals surface area contributed by atoms with Crippen LogP contribution in [-0.2, 0) is 13.0 Å². The lowest BCUT2D eigenvalue weighted by molar-refractivity contribution is -0.689. The van der Waals surface area contributed by atoms with Crippen LogP contribution in [0.25, 0.3) is 0 Å². The van der Waals surface area contributed by atoms with E-state index in [0.29, 0.717) is 12.3 Å². The molecule has 0 saturated carbocycles. The van der Waals surface area contributed by atoms with Crippen molar-refractivity contribution in [2.24, 2.45) is 5.16 Å². The Morgan fingerprint density at radius 3 is 2.63 bits per heavy atom. The maximum absolute atomic E-state index is 11.1. The quantitative estimate of drug-likeness (QED) is 0.476. The van der Waals surface area contributed by atoms with Gasteiger partial charge in [-0.25, -0.2) is 0 Å². The van der Waals surface area contributed by atoms with E-state index >= 15 is 0 Å². The lowest BCUT2D eigenvalue weighted by atomic mass is 10.1. The lowest BCUT2D eigenvalue weighted by Gasteiger charge is -2.07. The monoisotopic (exact) mass is 338 g/mol. The summed E-state index contributed by atoms with van der Waals surface area (Å²) in [5, 5.41) is 17.7. The van der Waals surface area contributed by atoms with Crippen LogP contribution in [0.3, 0.4) is 0 Å². The van der Waals surface area contributed by atoms with Gasteiger partial charge in [-0.05, 0) is 12.1 Å². The van der Waals surface area contributed by atoms with Gasteiger partial charge in [-0.2, -0.15) is 4.57 Å². The molecule has 0 radical (unpaired) electrons. The zero-order valence-electron chi connectivity index (χ0n) is 10.9. The Labute approximate surface area is 125 Å². The number of hydrogen-bond donors (Lipinski definition) is 0. The smallest absolute Gasteiger partial charge is 0.237 e. The number of rotatable bonds is 4. The van der Waals surface area contributed by atoms with Crippen molar-refractivity contribution in [3.8, 4) is 0 Å². The standard InChI is InChI=1S/C14H15BrN2OS/c1-3-14-17(10(2)9-19-14)8-13(16-18)11-4-6-12(15)7-5-11/h4-7,9H,3,8H2,1-2H3/b16-13-. The Morgan fingerprint density at radius 2 is 2.05 bits per heavy atom. The van der Waals surface area contributed by atoms with Crippen molar-refractivity contribution in [1.29, 1.82) is 0 Å². The molecule has 1 aromatic heterocycles. The first kappa shape index (κ1) is 14.2. The molecule has 0 N–H and O–H groups in total. The number of halogens is 1. The van der Waals surface area contributed by atoms with E-state index in [0.717, 1.165) is 16.5 Å². The zero-order chi connectivity index (χ0) is 13.8. The van der Waals surface area contributed by atoms with Gasteiger partial charge in [0.15, 0.2) is 12.2 Å². The lowest BCUT2D eigenvalue weighted by Crippen LogP contribution is -2.42. The van der Waals surface area contributed by atoms with Crippen LogP contribution in [0.4, 0.5) is 0 Å². The van der Waals surface area contributed by atoms with Crippen LogP contribution in [0.15, 0.2) is 39.3 Å². The molecule has 2 rings (SSSR count). The summed E-state index contributed by atoms with van der Waals surface area (Å²) in [6.45, 7) is 4.71. The predicted octanol–water partition coefficient (Wildman–Crippen LogP) is 3.66. The van der Waals surface area contributed by atoms with Gasteiger partial charge in [-0.15, -0.1) is 0 Å². The Balaban J connectivity index is 2.29. The molecule has 0 aliphatic rings. The maximum Gasteiger partial charge on any atom is 0.237 e. The molecule has 0 aliphatic heterocycles. The summed E-state index contributed by atoms with van der Waals surface area (Å²) in [5.74, 6) is 0. The van der Waals surface area contributed by atoms with Crippen molar-refractivity contribution in [2.75, 3.05) is 0 Å². The molecule has 0 atom stereocenters. The fraction of sp³-hybridized carbons (Fsp3) is 0.286. The van der Waals surface area contributed by atoms with Crippen molar-refractivity contribution >= 4 is 33.0 Å². The van der Waals surface area contributed by atoms with Gasteiger partial charge < -0.3 is 10.4 Å². The molecule has 3 nitrogen and oxygen atoms in total. The highest BCUT2D eigenvalue weighted by Gasteiger charge is 2.18. The molecule has 0 amide bonds. The molecule has 0 spiro atoms. The van der Waals surface area contributed by atoms with Crippen LogP contribution in [0, 0.1) is 12.1 Å². The van der Waals surface area contributed by atoms with E-state index < -0.39 is 0 Å². The minimum atomic E-state index is 0.531. The number of benzene rings is 1. The Bertz CT molecular complexity index is 590. The summed E-state index contributed by atoms with van der Waals surface area (Å²) >= 11 is 5.11. The second-order valence-corrected chi connectivity index (χ2v) is 6.11. The molecule has 5 heteroatoms. The first-order valence-electron chi connectivity index (χ1n) is 6.07. The Kier molecular flexibility index (Phi) is 4.71. The number of thiazole rings is 1. The van der Waals surface area contributed by atoms with Gasteiger partial charge >= 0.3 is 0 Å². The van der Waals surface area contributed by atoms with Gasteiger partial charge in [0.1, 0.15) is 5.71 Å². The van der Waals surface area contributed by atoms with Gasteiger partial charge in [0, 0.05) is 23.4 Å². The summed E-state index contributed by atoms with van der Waals surface area (Å²) < 4.78 is 3.15. The van der Waals surface area contributed by atoms with Crippen molar-refractivity contribution < 1.29 is 4.57 Å². The summed E-state index contributed by atoms with van der Waals surface area (Å²) in [6, 6.07) is 7.67. The van der Waals surface area contributed by atoms with Gasteiger partial charge in [0.05, 0.1) is 5.38 Å². The fourth-order valence-electron chi connectivity index (χ4n) is 1.93. The second-order valence-electron chi connectivity index (χ2n) is 4.26. The van der Waals surface area contributed by atoms with Crippen molar-refractivity contribution in [1.82, 2.24) is 0 Å². The second kappa shape index (κ2) is 6.30. The highest BCUT2D eigenvalue weighted by Crippen LogP contribution is 2.13. The van der Waals surface area contributed by atoms with Gasteiger partial charge in [0.2, 0.25) is 5.01 Å². The fourth-order valence-corrected chi connectivity index (χ4v) is 3.13. The van der Waals surface area contributed by atoms with Crippen LogP contribution in [0.2, 0.25) is 0 Å². The van der Waals surface area contributed by atoms with E-state index in [1.54, 1.807) is 11.3 Å². The van der Waals surface area contributed by atoms with E-state index in [4.69, 9.17) is 0 Å². The van der Waals surface area contributed by atoms with Crippen molar-refractivity contribution in [2.45, 2.75) is 26.8 Å². The molecular weight excluding hydrogens is 324 g/mol. The summed E-state index contributed by atoms with van der Waals surface area (Å²) in [5.41, 5.74) is 2.60. The Morgan fingerprint density at radius 1 is 1.37 bits per heavy atom. The highest BCUT2D eigenvalue weighted by atomic mass is 79.9. The molecule has 0 aliphatic carbocycles. The average Bonchev–Trinajstić information content (AvgIpc) is 2.78. The van der Waals surface area contributed by atoms with E-state index in [2.05, 4.69) is 44.9 Å². The van der Waals surface area contributed by atoms with Crippen LogP contribution in [0.1, 0.15) is 23.2 Å². The predicted molar refractivity (Wildman–Crippen MR) is 82.7 cm³/mol. The molecule has 1 heterocycles. The van der Waals surface area contributed by atoms with Gasteiger partial charge in [-0.3, -0.25) is 0 Å². The van der Waals surface area contributed by atoms with E-state index in [-0.39, 0.29) is 0 Å².